The second-order valence-electron chi connectivity index (χ2n) is 3.83. The molecule has 0 aliphatic heterocycles. The molecule has 1 aromatic heterocycles. The molecule has 0 radical (unpaired) electrons. The van der Waals surface area contributed by atoms with Crippen LogP contribution in [0.5, 0.6) is 5.88 Å². The highest BCUT2D eigenvalue weighted by Crippen LogP contribution is 2.31. The van der Waals surface area contributed by atoms with Crippen molar-refractivity contribution in [3.05, 3.63) is 51.9 Å². The maximum Gasteiger partial charge on any atom is 0.237 e. The van der Waals surface area contributed by atoms with Crippen molar-refractivity contribution in [2.24, 2.45) is 5.84 Å². The molecule has 3 N–H and O–H groups in total. The van der Waals surface area contributed by atoms with E-state index in [2.05, 4.69) is 31.3 Å². The molecule has 1 unspecified atom stereocenters. The molecule has 106 valence electrons. The van der Waals surface area contributed by atoms with Gasteiger partial charge in [0.05, 0.1) is 13.2 Å². The number of benzene rings is 1. The largest absolute Gasteiger partial charge is 0.480 e. The van der Waals surface area contributed by atoms with Crippen LogP contribution in [-0.4, -0.2) is 17.1 Å². The van der Waals surface area contributed by atoms with E-state index in [4.69, 9.17) is 10.6 Å². The maximum atomic E-state index is 14.0. The van der Waals surface area contributed by atoms with Crippen molar-refractivity contribution in [2.75, 3.05) is 7.11 Å². The molecule has 8 heteroatoms. The van der Waals surface area contributed by atoms with Crippen LogP contribution < -0.4 is 16.0 Å². The SMILES string of the molecule is COc1nccnc1C(NN)c1c(F)cc(Br)cc1F. The summed E-state index contributed by atoms with van der Waals surface area (Å²) < 4.78 is 33.3. The van der Waals surface area contributed by atoms with Gasteiger partial charge in [-0.15, -0.1) is 0 Å². The van der Waals surface area contributed by atoms with Crippen LogP contribution in [0.4, 0.5) is 8.78 Å². The van der Waals surface area contributed by atoms with Crippen LogP contribution in [0.1, 0.15) is 17.3 Å². The number of aromatic nitrogens is 2. The van der Waals surface area contributed by atoms with Gasteiger partial charge in [0, 0.05) is 22.4 Å². The Morgan fingerprint density at radius 3 is 2.40 bits per heavy atom. The third kappa shape index (κ3) is 2.77. The zero-order valence-corrected chi connectivity index (χ0v) is 12.0. The van der Waals surface area contributed by atoms with E-state index in [0.29, 0.717) is 0 Å². The Morgan fingerprint density at radius 2 is 1.85 bits per heavy atom. The second-order valence-corrected chi connectivity index (χ2v) is 4.75. The molecule has 2 rings (SSSR count). The molecule has 1 atom stereocenters. The van der Waals surface area contributed by atoms with Gasteiger partial charge in [-0.25, -0.2) is 19.2 Å². The minimum absolute atomic E-state index is 0.136. The second kappa shape index (κ2) is 6.21. The summed E-state index contributed by atoms with van der Waals surface area (Å²) >= 11 is 3.02. The smallest absolute Gasteiger partial charge is 0.237 e. The highest BCUT2D eigenvalue weighted by molar-refractivity contribution is 9.10. The molecule has 20 heavy (non-hydrogen) atoms. The number of methoxy groups -OCH3 is 1. The molecule has 0 bridgehead atoms. The first-order valence-corrected chi connectivity index (χ1v) is 6.33. The van der Waals surface area contributed by atoms with Crippen molar-refractivity contribution in [3.8, 4) is 5.88 Å². The van der Waals surface area contributed by atoms with E-state index in [-0.39, 0.29) is 21.6 Å². The lowest BCUT2D eigenvalue weighted by Crippen LogP contribution is -2.31. The Bertz CT molecular complexity index is 603. The van der Waals surface area contributed by atoms with Gasteiger partial charge >= 0.3 is 0 Å². The molecular formula is C12H11BrF2N4O. The van der Waals surface area contributed by atoms with Crippen molar-refractivity contribution < 1.29 is 13.5 Å². The third-order valence-corrected chi connectivity index (χ3v) is 3.11. The summed E-state index contributed by atoms with van der Waals surface area (Å²) in [5.41, 5.74) is 2.27. The van der Waals surface area contributed by atoms with Gasteiger partial charge in [-0.05, 0) is 12.1 Å². The predicted molar refractivity (Wildman–Crippen MR) is 71.8 cm³/mol. The van der Waals surface area contributed by atoms with E-state index in [1.54, 1.807) is 0 Å². The molecule has 0 amide bonds. The van der Waals surface area contributed by atoms with Crippen molar-refractivity contribution in [1.29, 1.82) is 0 Å². The highest BCUT2D eigenvalue weighted by Gasteiger charge is 2.26. The van der Waals surface area contributed by atoms with E-state index in [0.717, 1.165) is 12.1 Å². The van der Waals surface area contributed by atoms with Crippen molar-refractivity contribution in [1.82, 2.24) is 15.4 Å². The summed E-state index contributed by atoms with van der Waals surface area (Å²) in [7, 11) is 1.38. The lowest BCUT2D eigenvalue weighted by atomic mass is 10.0. The fourth-order valence-corrected chi connectivity index (χ4v) is 2.22. The number of nitrogens with two attached hydrogens (primary N) is 1. The Kier molecular flexibility index (Phi) is 4.58. The Labute approximate surface area is 122 Å². The number of ether oxygens (including phenoxy) is 1. The first kappa shape index (κ1) is 14.8. The summed E-state index contributed by atoms with van der Waals surface area (Å²) in [5, 5.41) is 0. The number of hydrogen-bond acceptors (Lipinski definition) is 5. The maximum absolute atomic E-state index is 14.0. The van der Waals surface area contributed by atoms with Crippen LogP contribution in [0.25, 0.3) is 0 Å². The van der Waals surface area contributed by atoms with Gasteiger partial charge in [0.25, 0.3) is 0 Å². The Hall–Kier alpha value is -1.64. The van der Waals surface area contributed by atoms with Gasteiger partial charge in [-0.1, -0.05) is 15.9 Å². The van der Waals surface area contributed by atoms with Crippen LogP contribution in [0.2, 0.25) is 0 Å². The molecule has 0 fully saturated rings. The zero-order valence-electron chi connectivity index (χ0n) is 10.4. The lowest BCUT2D eigenvalue weighted by Gasteiger charge is -2.18. The van der Waals surface area contributed by atoms with E-state index in [1.165, 1.54) is 19.5 Å². The van der Waals surface area contributed by atoms with Crippen LogP contribution in [0.3, 0.4) is 0 Å². The average molecular weight is 345 g/mol. The first-order chi connectivity index (χ1) is 9.58. The predicted octanol–water partition coefficient (Wildman–Crippen LogP) is 2.08. The monoisotopic (exact) mass is 344 g/mol. The molecule has 1 heterocycles. The van der Waals surface area contributed by atoms with Crippen molar-refractivity contribution >= 4 is 15.9 Å². The number of hydrazine groups is 1. The molecule has 0 saturated heterocycles. The van der Waals surface area contributed by atoms with Crippen LogP contribution in [0.15, 0.2) is 29.0 Å². The molecular weight excluding hydrogens is 334 g/mol. The van der Waals surface area contributed by atoms with Crippen LogP contribution in [0, 0.1) is 11.6 Å². The normalized spacial score (nSPS) is 12.2. The molecule has 5 nitrogen and oxygen atoms in total. The van der Waals surface area contributed by atoms with Gasteiger partial charge in [0.2, 0.25) is 5.88 Å². The molecule has 0 spiro atoms. The summed E-state index contributed by atoms with van der Waals surface area (Å²) in [6.45, 7) is 0. The van der Waals surface area contributed by atoms with E-state index in [9.17, 15) is 8.78 Å². The quantitative estimate of drug-likeness (QED) is 0.656. The number of hydrogen-bond donors (Lipinski definition) is 2. The first-order valence-electron chi connectivity index (χ1n) is 5.54. The molecule has 0 saturated carbocycles. The number of nitrogens with one attached hydrogen (secondary N) is 1. The fraction of sp³-hybridized carbons (Fsp3) is 0.167. The van der Waals surface area contributed by atoms with Crippen molar-refractivity contribution in [2.45, 2.75) is 6.04 Å². The highest BCUT2D eigenvalue weighted by atomic mass is 79.9. The average Bonchev–Trinajstić information content (AvgIpc) is 2.42. The lowest BCUT2D eigenvalue weighted by molar-refractivity contribution is 0.380. The minimum atomic E-state index is -1.02. The fourth-order valence-electron chi connectivity index (χ4n) is 1.82. The van der Waals surface area contributed by atoms with Gasteiger partial charge in [0.1, 0.15) is 17.3 Å². The van der Waals surface area contributed by atoms with Crippen LogP contribution in [-0.2, 0) is 0 Å². The van der Waals surface area contributed by atoms with E-state index in [1.807, 2.05) is 0 Å². The minimum Gasteiger partial charge on any atom is -0.480 e. The molecule has 0 aliphatic rings. The Morgan fingerprint density at radius 1 is 1.25 bits per heavy atom. The van der Waals surface area contributed by atoms with Gasteiger partial charge < -0.3 is 4.74 Å². The third-order valence-electron chi connectivity index (χ3n) is 2.66. The van der Waals surface area contributed by atoms with Gasteiger partial charge in [-0.3, -0.25) is 10.8 Å². The molecule has 2 aromatic rings. The number of nitrogens with zero attached hydrogens (tertiary/aromatic N) is 2. The van der Waals surface area contributed by atoms with Crippen molar-refractivity contribution in [3.63, 3.8) is 0 Å². The standard InChI is InChI=1S/C12H11BrF2N4O/c1-20-12-11(17-2-3-18-12)10(19-16)9-7(14)4-6(13)5-8(9)15/h2-5,10,19H,16H2,1H3. The Balaban J connectivity index is 2.59. The molecule has 0 aliphatic carbocycles. The summed E-state index contributed by atoms with van der Waals surface area (Å²) in [6.07, 6.45) is 2.79. The van der Waals surface area contributed by atoms with Crippen LogP contribution >= 0.6 is 15.9 Å². The molecule has 1 aromatic carbocycles. The zero-order chi connectivity index (χ0) is 14.7. The van der Waals surface area contributed by atoms with Gasteiger partial charge in [0.15, 0.2) is 0 Å². The van der Waals surface area contributed by atoms with E-state index >= 15 is 0 Å². The summed E-state index contributed by atoms with van der Waals surface area (Å²) in [5.74, 6) is 4.04. The summed E-state index contributed by atoms with van der Waals surface area (Å²) in [6, 6.07) is 1.27. The number of halogens is 3. The van der Waals surface area contributed by atoms with Gasteiger partial charge in [-0.2, -0.15) is 0 Å². The summed E-state index contributed by atoms with van der Waals surface area (Å²) in [4.78, 5) is 7.96. The van der Waals surface area contributed by atoms with E-state index < -0.39 is 17.7 Å². The number of rotatable bonds is 4. The topological polar surface area (TPSA) is 73.1 Å².